The molecular formula is C18H20FN3O2. The van der Waals surface area contributed by atoms with Crippen molar-refractivity contribution in [2.75, 3.05) is 0 Å². The molecule has 1 unspecified atom stereocenters. The minimum absolute atomic E-state index is 0.0723. The average Bonchev–Trinajstić information content (AvgIpc) is 3.10. The first-order chi connectivity index (χ1) is 11.6. The summed E-state index contributed by atoms with van der Waals surface area (Å²) in [6.07, 6.45) is 7.29. The fourth-order valence-electron chi connectivity index (χ4n) is 3.32. The minimum atomic E-state index is -0.452. The maximum Gasteiger partial charge on any atom is 0.347 e. The lowest BCUT2D eigenvalue weighted by atomic mass is 9.91. The lowest BCUT2D eigenvalue weighted by Crippen LogP contribution is -2.37. The second-order valence-electron chi connectivity index (χ2n) is 6.17. The second kappa shape index (κ2) is 7.38. The van der Waals surface area contributed by atoms with Crippen molar-refractivity contribution in [2.45, 2.75) is 38.3 Å². The van der Waals surface area contributed by atoms with Crippen molar-refractivity contribution in [3.63, 3.8) is 0 Å². The summed E-state index contributed by atoms with van der Waals surface area (Å²) in [7, 11) is 0. The van der Waals surface area contributed by atoms with E-state index >= 15 is 0 Å². The van der Waals surface area contributed by atoms with Crippen LogP contribution in [0.3, 0.4) is 0 Å². The molecule has 0 saturated heterocycles. The van der Waals surface area contributed by atoms with Crippen molar-refractivity contribution >= 4 is 5.91 Å². The summed E-state index contributed by atoms with van der Waals surface area (Å²) < 4.78 is 14.5. The normalized spacial score (nSPS) is 16.0. The molecule has 1 atom stereocenters. The van der Waals surface area contributed by atoms with Crippen LogP contribution in [0.5, 0.6) is 0 Å². The van der Waals surface area contributed by atoms with Crippen molar-refractivity contribution < 1.29 is 9.18 Å². The Balaban J connectivity index is 1.76. The van der Waals surface area contributed by atoms with Crippen LogP contribution >= 0.6 is 0 Å². The van der Waals surface area contributed by atoms with Crippen LogP contribution in [0.15, 0.2) is 47.5 Å². The summed E-state index contributed by atoms with van der Waals surface area (Å²) in [5.74, 6) is -0.200. The lowest BCUT2D eigenvalue weighted by Gasteiger charge is -2.25. The van der Waals surface area contributed by atoms with E-state index in [-0.39, 0.29) is 24.3 Å². The third kappa shape index (κ3) is 3.88. The summed E-state index contributed by atoms with van der Waals surface area (Å²) in [5, 5.41) is 3.02. The molecule has 6 heteroatoms. The number of rotatable bonds is 5. The van der Waals surface area contributed by atoms with E-state index in [0.29, 0.717) is 5.92 Å². The number of carbonyl (C=O) groups is 1. The largest absolute Gasteiger partial charge is 0.347 e. The molecule has 0 spiro atoms. The SMILES string of the molecule is O=C(Cn1cccnc1=O)NC(c1ccc(F)cc1)C1CCCC1. The number of hydrogen-bond donors (Lipinski definition) is 1. The fourth-order valence-corrected chi connectivity index (χ4v) is 3.32. The number of carbonyl (C=O) groups excluding carboxylic acids is 1. The topological polar surface area (TPSA) is 64.0 Å². The van der Waals surface area contributed by atoms with E-state index in [1.54, 1.807) is 18.2 Å². The molecule has 2 aromatic rings. The van der Waals surface area contributed by atoms with Crippen molar-refractivity contribution in [3.8, 4) is 0 Å². The highest BCUT2D eigenvalue weighted by molar-refractivity contribution is 5.76. The van der Waals surface area contributed by atoms with Crippen LogP contribution in [0.2, 0.25) is 0 Å². The zero-order valence-corrected chi connectivity index (χ0v) is 13.3. The molecule has 3 rings (SSSR count). The predicted octanol–water partition coefficient (Wildman–Crippen LogP) is 2.43. The van der Waals surface area contributed by atoms with Gasteiger partial charge in [0.2, 0.25) is 5.91 Å². The molecule has 1 aromatic heterocycles. The molecule has 0 radical (unpaired) electrons. The second-order valence-corrected chi connectivity index (χ2v) is 6.17. The Bertz CT molecular complexity index is 751. The van der Waals surface area contributed by atoms with Gasteiger partial charge in [0.1, 0.15) is 12.4 Å². The Morgan fingerprint density at radius 1 is 1.29 bits per heavy atom. The number of nitrogens with one attached hydrogen (secondary N) is 1. The van der Waals surface area contributed by atoms with Crippen molar-refractivity contribution in [2.24, 2.45) is 5.92 Å². The zero-order chi connectivity index (χ0) is 16.9. The molecule has 1 N–H and O–H groups in total. The summed E-state index contributed by atoms with van der Waals surface area (Å²) in [6.45, 7) is -0.0723. The van der Waals surface area contributed by atoms with Crippen molar-refractivity contribution in [1.29, 1.82) is 0 Å². The van der Waals surface area contributed by atoms with Crippen LogP contribution in [0.25, 0.3) is 0 Å². The van der Waals surface area contributed by atoms with Gasteiger partial charge in [-0.15, -0.1) is 0 Å². The van der Waals surface area contributed by atoms with Gasteiger partial charge in [0.15, 0.2) is 0 Å². The molecule has 1 saturated carbocycles. The Labute approximate surface area is 139 Å². The van der Waals surface area contributed by atoms with Crippen LogP contribution in [0.4, 0.5) is 4.39 Å². The first-order valence-corrected chi connectivity index (χ1v) is 8.20. The first-order valence-electron chi connectivity index (χ1n) is 8.20. The number of amides is 1. The third-order valence-corrected chi connectivity index (χ3v) is 4.51. The molecule has 1 fully saturated rings. The van der Waals surface area contributed by atoms with Gasteiger partial charge in [0.25, 0.3) is 0 Å². The Kier molecular flexibility index (Phi) is 5.03. The monoisotopic (exact) mass is 329 g/mol. The zero-order valence-electron chi connectivity index (χ0n) is 13.3. The van der Waals surface area contributed by atoms with E-state index < -0.39 is 5.69 Å². The van der Waals surface area contributed by atoms with E-state index in [9.17, 15) is 14.0 Å². The van der Waals surface area contributed by atoms with Gasteiger partial charge >= 0.3 is 5.69 Å². The molecule has 1 aliphatic carbocycles. The molecule has 1 amide bonds. The molecular weight excluding hydrogens is 309 g/mol. The fraction of sp³-hybridized carbons (Fsp3) is 0.389. The molecule has 1 aromatic carbocycles. The van der Waals surface area contributed by atoms with E-state index in [2.05, 4.69) is 10.3 Å². The maximum atomic E-state index is 13.2. The Hall–Kier alpha value is -2.50. The highest BCUT2D eigenvalue weighted by Gasteiger charge is 2.27. The van der Waals surface area contributed by atoms with Gasteiger partial charge in [-0.25, -0.2) is 14.2 Å². The highest BCUT2D eigenvalue weighted by Crippen LogP contribution is 2.35. The van der Waals surface area contributed by atoms with Gasteiger partial charge in [-0.05, 0) is 42.5 Å². The van der Waals surface area contributed by atoms with E-state index in [4.69, 9.17) is 0 Å². The molecule has 24 heavy (non-hydrogen) atoms. The molecule has 0 aliphatic heterocycles. The third-order valence-electron chi connectivity index (χ3n) is 4.51. The molecule has 1 heterocycles. The smallest absolute Gasteiger partial charge is 0.347 e. The van der Waals surface area contributed by atoms with E-state index in [0.717, 1.165) is 31.2 Å². The summed E-state index contributed by atoms with van der Waals surface area (Å²) in [6, 6.07) is 7.71. The van der Waals surface area contributed by atoms with Crippen LogP contribution < -0.4 is 11.0 Å². The van der Waals surface area contributed by atoms with E-state index in [1.165, 1.54) is 29.1 Å². The van der Waals surface area contributed by atoms with Crippen molar-refractivity contribution in [3.05, 3.63) is 64.6 Å². The number of benzene rings is 1. The van der Waals surface area contributed by atoms with Gasteiger partial charge in [0, 0.05) is 12.4 Å². The first kappa shape index (κ1) is 16.4. The molecule has 126 valence electrons. The minimum Gasteiger partial charge on any atom is -0.347 e. The molecule has 1 aliphatic rings. The van der Waals surface area contributed by atoms with Crippen LogP contribution in [0, 0.1) is 11.7 Å². The Morgan fingerprint density at radius 3 is 2.67 bits per heavy atom. The number of halogens is 1. The number of hydrogen-bond acceptors (Lipinski definition) is 3. The number of nitrogens with zero attached hydrogens (tertiary/aromatic N) is 2. The van der Waals surface area contributed by atoms with Gasteiger partial charge in [-0.3, -0.25) is 9.36 Å². The van der Waals surface area contributed by atoms with Crippen LogP contribution in [0.1, 0.15) is 37.3 Å². The van der Waals surface area contributed by atoms with E-state index in [1.807, 2.05) is 0 Å². The predicted molar refractivity (Wildman–Crippen MR) is 87.7 cm³/mol. The van der Waals surface area contributed by atoms with Crippen molar-refractivity contribution in [1.82, 2.24) is 14.9 Å². The Morgan fingerprint density at radius 2 is 2.00 bits per heavy atom. The lowest BCUT2D eigenvalue weighted by molar-refractivity contribution is -0.122. The quantitative estimate of drug-likeness (QED) is 0.916. The highest BCUT2D eigenvalue weighted by atomic mass is 19.1. The number of aromatic nitrogens is 2. The van der Waals surface area contributed by atoms with Crippen LogP contribution in [-0.2, 0) is 11.3 Å². The summed E-state index contributed by atoms with van der Waals surface area (Å²) >= 11 is 0. The molecule has 0 bridgehead atoms. The maximum absolute atomic E-state index is 13.2. The summed E-state index contributed by atoms with van der Waals surface area (Å²) in [4.78, 5) is 27.7. The molecule has 5 nitrogen and oxygen atoms in total. The standard InChI is InChI=1S/C18H20FN3O2/c19-15-8-6-14(7-9-15)17(13-4-1-2-5-13)21-16(23)12-22-11-3-10-20-18(22)24/h3,6-11,13,17H,1-2,4-5,12H2,(H,21,23). The van der Waals surface area contributed by atoms with Gasteiger partial charge in [0.05, 0.1) is 6.04 Å². The van der Waals surface area contributed by atoms with Gasteiger partial charge < -0.3 is 5.32 Å². The van der Waals surface area contributed by atoms with Gasteiger partial charge in [-0.2, -0.15) is 0 Å². The van der Waals surface area contributed by atoms with Crippen LogP contribution in [-0.4, -0.2) is 15.5 Å². The van der Waals surface area contributed by atoms with Gasteiger partial charge in [-0.1, -0.05) is 25.0 Å². The summed E-state index contributed by atoms with van der Waals surface area (Å²) in [5.41, 5.74) is 0.446. The average molecular weight is 329 g/mol.